The lowest BCUT2D eigenvalue weighted by Gasteiger charge is -2.08. The molecule has 0 N–H and O–H groups in total. The third-order valence-corrected chi connectivity index (χ3v) is 3.35. The molecule has 0 aliphatic heterocycles. The van der Waals surface area contributed by atoms with Crippen molar-refractivity contribution in [1.82, 2.24) is 0 Å². The normalized spacial score (nSPS) is 21.6. The van der Waals surface area contributed by atoms with Crippen molar-refractivity contribution in [2.45, 2.75) is 31.1 Å². The Bertz CT molecular complexity index is 371. The molecule has 1 aromatic carbocycles. The first kappa shape index (κ1) is 9.78. The van der Waals surface area contributed by atoms with Crippen molar-refractivity contribution in [3.05, 3.63) is 29.3 Å². The van der Waals surface area contributed by atoms with E-state index in [0.717, 1.165) is 35.3 Å². The van der Waals surface area contributed by atoms with Gasteiger partial charge in [0.25, 0.3) is 0 Å². The summed E-state index contributed by atoms with van der Waals surface area (Å²) in [5, 5.41) is 0. The van der Waals surface area contributed by atoms with E-state index in [9.17, 15) is 4.79 Å². The molecule has 0 amide bonds. The standard InChI is InChI=1S/C12H14OS/c1-8-4-2-5-9-10(12(8)13)6-3-7-11(9)14/h3,6-8,14H,2,4-5H2,1H3. The van der Waals surface area contributed by atoms with Crippen LogP contribution in [-0.4, -0.2) is 5.78 Å². The number of carbonyl (C=O) groups excluding carboxylic acids is 1. The molecular weight excluding hydrogens is 192 g/mol. The van der Waals surface area contributed by atoms with Crippen LogP contribution >= 0.6 is 12.6 Å². The van der Waals surface area contributed by atoms with Crippen molar-refractivity contribution in [2.24, 2.45) is 5.92 Å². The Balaban J connectivity index is 2.53. The second kappa shape index (κ2) is 3.77. The van der Waals surface area contributed by atoms with E-state index < -0.39 is 0 Å². The van der Waals surface area contributed by atoms with Crippen LogP contribution in [-0.2, 0) is 6.42 Å². The highest BCUT2D eigenvalue weighted by atomic mass is 32.1. The average molecular weight is 206 g/mol. The molecule has 0 radical (unpaired) electrons. The molecular formula is C12H14OS. The van der Waals surface area contributed by atoms with E-state index >= 15 is 0 Å². The van der Waals surface area contributed by atoms with Crippen molar-refractivity contribution in [2.75, 3.05) is 0 Å². The van der Waals surface area contributed by atoms with Crippen molar-refractivity contribution in [3.63, 3.8) is 0 Å². The van der Waals surface area contributed by atoms with Gasteiger partial charge in [0, 0.05) is 16.4 Å². The minimum atomic E-state index is 0.173. The molecule has 0 saturated heterocycles. The number of hydrogen-bond donors (Lipinski definition) is 1. The van der Waals surface area contributed by atoms with Gasteiger partial charge in [0.05, 0.1) is 0 Å². The zero-order valence-corrected chi connectivity index (χ0v) is 9.18. The maximum atomic E-state index is 12.0. The molecule has 0 saturated carbocycles. The zero-order valence-electron chi connectivity index (χ0n) is 8.29. The second-order valence-corrected chi connectivity index (χ2v) is 4.44. The fourth-order valence-electron chi connectivity index (χ4n) is 2.05. The van der Waals surface area contributed by atoms with E-state index in [0.29, 0.717) is 0 Å². The van der Waals surface area contributed by atoms with Gasteiger partial charge in [-0.1, -0.05) is 19.1 Å². The molecule has 0 spiro atoms. The monoisotopic (exact) mass is 206 g/mol. The highest BCUT2D eigenvalue weighted by Gasteiger charge is 2.22. The Morgan fingerprint density at radius 2 is 2.21 bits per heavy atom. The zero-order chi connectivity index (χ0) is 10.1. The maximum Gasteiger partial charge on any atom is 0.165 e. The first-order valence-corrected chi connectivity index (χ1v) is 5.50. The molecule has 1 atom stereocenters. The number of fused-ring (bicyclic) bond motifs is 1. The van der Waals surface area contributed by atoms with Gasteiger partial charge in [0.2, 0.25) is 0 Å². The summed E-state index contributed by atoms with van der Waals surface area (Å²) in [5.74, 6) is 0.458. The van der Waals surface area contributed by atoms with Crippen molar-refractivity contribution in [1.29, 1.82) is 0 Å². The molecule has 1 aliphatic rings. The minimum Gasteiger partial charge on any atom is -0.294 e. The van der Waals surface area contributed by atoms with E-state index in [1.54, 1.807) is 0 Å². The van der Waals surface area contributed by atoms with Crippen molar-refractivity contribution < 1.29 is 4.79 Å². The van der Waals surface area contributed by atoms with Gasteiger partial charge >= 0.3 is 0 Å². The lowest BCUT2D eigenvalue weighted by Crippen LogP contribution is -2.10. The first-order valence-electron chi connectivity index (χ1n) is 5.05. The summed E-state index contributed by atoms with van der Waals surface area (Å²) in [6.07, 6.45) is 3.09. The SMILES string of the molecule is CC1CCCc2c(S)cccc2C1=O. The van der Waals surface area contributed by atoms with Crippen LogP contribution < -0.4 is 0 Å². The molecule has 2 heteroatoms. The second-order valence-electron chi connectivity index (χ2n) is 3.96. The van der Waals surface area contributed by atoms with Crippen LogP contribution in [0.1, 0.15) is 35.7 Å². The van der Waals surface area contributed by atoms with E-state index in [2.05, 4.69) is 12.6 Å². The molecule has 2 rings (SSSR count). The summed E-state index contributed by atoms with van der Waals surface area (Å²) in [7, 11) is 0. The Morgan fingerprint density at radius 1 is 1.43 bits per heavy atom. The summed E-state index contributed by atoms with van der Waals surface area (Å²) in [4.78, 5) is 12.9. The van der Waals surface area contributed by atoms with Gasteiger partial charge in [-0.2, -0.15) is 0 Å². The predicted molar refractivity (Wildman–Crippen MR) is 60.1 cm³/mol. The number of hydrogen-bond acceptors (Lipinski definition) is 2. The van der Waals surface area contributed by atoms with Crippen LogP contribution in [0.3, 0.4) is 0 Å². The van der Waals surface area contributed by atoms with Gasteiger partial charge in [-0.3, -0.25) is 4.79 Å². The van der Waals surface area contributed by atoms with E-state index in [1.165, 1.54) is 0 Å². The van der Waals surface area contributed by atoms with Gasteiger partial charge in [-0.15, -0.1) is 12.6 Å². The first-order chi connectivity index (χ1) is 6.70. The predicted octanol–water partition coefficient (Wildman–Crippen LogP) is 3.13. The van der Waals surface area contributed by atoms with Crippen LogP contribution in [0.4, 0.5) is 0 Å². The molecule has 14 heavy (non-hydrogen) atoms. The third kappa shape index (κ3) is 1.59. The Kier molecular flexibility index (Phi) is 2.64. The Hall–Kier alpha value is -0.760. The lowest BCUT2D eigenvalue weighted by atomic mass is 9.97. The van der Waals surface area contributed by atoms with E-state index in [4.69, 9.17) is 0 Å². The molecule has 0 heterocycles. The fourth-order valence-corrected chi connectivity index (χ4v) is 2.37. The number of rotatable bonds is 0. The van der Waals surface area contributed by atoms with Gasteiger partial charge in [0.15, 0.2) is 5.78 Å². The van der Waals surface area contributed by atoms with E-state index in [1.807, 2.05) is 25.1 Å². The number of thiol groups is 1. The fraction of sp³-hybridized carbons (Fsp3) is 0.417. The molecule has 0 bridgehead atoms. The summed E-state index contributed by atoms with van der Waals surface area (Å²) < 4.78 is 0. The number of carbonyl (C=O) groups is 1. The molecule has 1 aromatic rings. The van der Waals surface area contributed by atoms with Crippen molar-refractivity contribution in [3.8, 4) is 0 Å². The molecule has 1 nitrogen and oxygen atoms in total. The van der Waals surface area contributed by atoms with Gasteiger partial charge in [-0.05, 0) is 30.9 Å². The maximum absolute atomic E-state index is 12.0. The third-order valence-electron chi connectivity index (χ3n) is 2.93. The Labute approximate surface area is 89.9 Å². The molecule has 0 aromatic heterocycles. The highest BCUT2D eigenvalue weighted by Crippen LogP contribution is 2.28. The van der Waals surface area contributed by atoms with Crippen LogP contribution in [0.2, 0.25) is 0 Å². The molecule has 1 aliphatic carbocycles. The molecule has 0 fully saturated rings. The summed E-state index contributed by atoms with van der Waals surface area (Å²) in [6, 6.07) is 5.81. The number of Topliss-reactive ketones (excluding diaryl/α,β-unsaturated/α-hetero) is 1. The van der Waals surface area contributed by atoms with Crippen LogP contribution in [0.15, 0.2) is 23.1 Å². The summed E-state index contributed by atoms with van der Waals surface area (Å²) >= 11 is 4.40. The minimum absolute atomic E-state index is 0.173. The summed E-state index contributed by atoms with van der Waals surface area (Å²) in [5.41, 5.74) is 2.03. The number of benzene rings is 1. The van der Waals surface area contributed by atoms with Crippen LogP contribution in [0.5, 0.6) is 0 Å². The molecule has 74 valence electrons. The largest absolute Gasteiger partial charge is 0.294 e. The van der Waals surface area contributed by atoms with Crippen LogP contribution in [0, 0.1) is 5.92 Å². The smallest absolute Gasteiger partial charge is 0.165 e. The quantitative estimate of drug-likeness (QED) is 0.510. The average Bonchev–Trinajstić information content (AvgIpc) is 2.31. The number of ketones is 1. The van der Waals surface area contributed by atoms with Gasteiger partial charge in [-0.25, -0.2) is 0 Å². The van der Waals surface area contributed by atoms with Crippen molar-refractivity contribution >= 4 is 18.4 Å². The lowest BCUT2D eigenvalue weighted by molar-refractivity contribution is 0.0926. The van der Waals surface area contributed by atoms with Gasteiger partial charge in [0.1, 0.15) is 0 Å². The van der Waals surface area contributed by atoms with E-state index in [-0.39, 0.29) is 11.7 Å². The topological polar surface area (TPSA) is 17.1 Å². The van der Waals surface area contributed by atoms with Gasteiger partial charge < -0.3 is 0 Å². The summed E-state index contributed by atoms with van der Waals surface area (Å²) in [6.45, 7) is 2.02. The Morgan fingerprint density at radius 3 is 3.00 bits per heavy atom. The molecule has 1 unspecified atom stereocenters. The van der Waals surface area contributed by atoms with Crippen LogP contribution in [0.25, 0.3) is 0 Å². The highest BCUT2D eigenvalue weighted by molar-refractivity contribution is 7.80.